The Balaban J connectivity index is 2.93. The molecule has 0 amide bonds. The summed E-state index contributed by atoms with van der Waals surface area (Å²) in [6, 6.07) is 0. The van der Waals surface area contributed by atoms with Crippen LogP contribution in [0.2, 0.25) is 0 Å². The quantitative estimate of drug-likeness (QED) is 0.611. The number of ether oxygens (including phenoxy) is 1. The van der Waals surface area contributed by atoms with Crippen molar-refractivity contribution in [3.05, 3.63) is 11.2 Å². The zero-order valence-electron chi connectivity index (χ0n) is 5.20. The van der Waals surface area contributed by atoms with Gasteiger partial charge < -0.3 is 9.84 Å². The predicted molar refractivity (Wildman–Crippen MR) is 35.1 cm³/mol. The Kier molecular flexibility index (Phi) is 1.86. The smallest absolute Gasteiger partial charge is 0.361 e. The lowest BCUT2D eigenvalue weighted by Gasteiger charge is -1.92. The van der Waals surface area contributed by atoms with Gasteiger partial charge in [-0.2, -0.15) is 0 Å². The first kappa shape index (κ1) is 7.01. The maximum Gasteiger partial charge on any atom is 0.361 e. The number of aromatic nitrogens is 1. The van der Waals surface area contributed by atoms with E-state index in [0.29, 0.717) is 0 Å². The highest BCUT2D eigenvalue weighted by Crippen LogP contribution is 2.20. The van der Waals surface area contributed by atoms with Gasteiger partial charge in [-0.25, -0.2) is 9.78 Å². The Morgan fingerprint density at radius 3 is 3.00 bits per heavy atom. The van der Waals surface area contributed by atoms with Crippen LogP contribution in [0.25, 0.3) is 0 Å². The highest BCUT2D eigenvalue weighted by Gasteiger charge is 2.13. The molecule has 10 heavy (non-hydrogen) atoms. The summed E-state index contributed by atoms with van der Waals surface area (Å²) in [4.78, 5) is 14.2. The molecule has 0 fully saturated rings. The number of rotatable bonds is 1. The van der Waals surface area contributed by atoms with Crippen LogP contribution in [0.4, 0.5) is 0 Å². The van der Waals surface area contributed by atoms with Crippen LogP contribution >= 0.6 is 11.3 Å². The molecule has 1 aromatic heterocycles. The lowest BCUT2D eigenvalue weighted by molar-refractivity contribution is 0.0592. The molecular formula is C5H5NO3S. The molecule has 1 aromatic rings. The molecule has 54 valence electrons. The summed E-state index contributed by atoms with van der Waals surface area (Å²) in [6.07, 6.45) is 0. The minimum Gasteiger partial charge on any atom is -0.498 e. The normalized spacial score (nSPS) is 9.30. The monoisotopic (exact) mass is 159 g/mol. The van der Waals surface area contributed by atoms with Crippen molar-refractivity contribution in [1.82, 2.24) is 4.98 Å². The van der Waals surface area contributed by atoms with Crippen molar-refractivity contribution in [2.75, 3.05) is 7.11 Å². The van der Waals surface area contributed by atoms with Gasteiger partial charge in [-0.3, -0.25) is 0 Å². The summed E-state index contributed by atoms with van der Waals surface area (Å²) < 4.78 is 4.32. The number of nitrogens with zero attached hydrogens (tertiary/aromatic N) is 1. The SMILES string of the molecule is COC(=O)c1ncsc1O. The van der Waals surface area contributed by atoms with E-state index in [1.807, 2.05) is 0 Å². The summed E-state index contributed by atoms with van der Waals surface area (Å²) in [7, 11) is 1.24. The fraction of sp³-hybridized carbons (Fsp3) is 0.200. The van der Waals surface area contributed by atoms with Gasteiger partial charge in [-0.15, -0.1) is 0 Å². The number of carbonyl (C=O) groups is 1. The second-order valence-corrected chi connectivity index (χ2v) is 2.33. The molecule has 0 aliphatic rings. The summed E-state index contributed by atoms with van der Waals surface area (Å²) in [6.45, 7) is 0. The van der Waals surface area contributed by atoms with Crippen molar-refractivity contribution in [1.29, 1.82) is 0 Å². The molecule has 0 aromatic carbocycles. The Hall–Kier alpha value is -1.10. The third kappa shape index (κ3) is 1.08. The van der Waals surface area contributed by atoms with Crippen LogP contribution in [0.15, 0.2) is 5.51 Å². The lowest BCUT2D eigenvalue weighted by Crippen LogP contribution is -2.00. The number of hydrogen-bond donors (Lipinski definition) is 1. The van der Waals surface area contributed by atoms with E-state index in [-0.39, 0.29) is 10.8 Å². The van der Waals surface area contributed by atoms with Crippen LogP contribution in [0.3, 0.4) is 0 Å². The number of aromatic hydroxyl groups is 1. The van der Waals surface area contributed by atoms with Crippen molar-refractivity contribution in [3.63, 3.8) is 0 Å². The third-order valence-electron chi connectivity index (χ3n) is 0.927. The molecule has 4 nitrogen and oxygen atoms in total. The van der Waals surface area contributed by atoms with Gasteiger partial charge in [0.15, 0.2) is 0 Å². The summed E-state index contributed by atoms with van der Waals surface area (Å²) >= 11 is 0.992. The highest BCUT2D eigenvalue weighted by molar-refractivity contribution is 7.11. The number of hydrogen-bond acceptors (Lipinski definition) is 5. The maximum atomic E-state index is 10.7. The first-order chi connectivity index (χ1) is 4.75. The molecule has 0 atom stereocenters. The maximum absolute atomic E-state index is 10.7. The van der Waals surface area contributed by atoms with Gasteiger partial charge in [-0.1, -0.05) is 11.3 Å². The van der Waals surface area contributed by atoms with Crippen molar-refractivity contribution < 1.29 is 14.6 Å². The van der Waals surface area contributed by atoms with E-state index in [2.05, 4.69) is 9.72 Å². The van der Waals surface area contributed by atoms with Gasteiger partial charge >= 0.3 is 5.97 Å². The zero-order valence-corrected chi connectivity index (χ0v) is 6.01. The fourth-order valence-corrected chi connectivity index (χ4v) is 0.982. The van der Waals surface area contributed by atoms with Gasteiger partial charge in [0.25, 0.3) is 0 Å². The molecule has 1 rings (SSSR count). The molecule has 0 saturated carbocycles. The van der Waals surface area contributed by atoms with E-state index >= 15 is 0 Å². The van der Waals surface area contributed by atoms with E-state index in [1.54, 1.807) is 0 Å². The van der Waals surface area contributed by atoms with Crippen LogP contribution in [0.1, 0.15) is 10.5 Å². The van der Waals surface area contributed by atoms with Crippen LogP contribution in [0, 0.1) is 0 Å². The Morgan fingerprint density at radius 2 is 2.60 bits per heavy atom. The predicted octanol–water partition coefficient (Wildman–Crippen LogP) is 0.635. The fourth-order valence-electron chi connectivity index (χ4n) is 0.477. The standard InChI is InChI=1S/C5H5NO3S/c1-9-4(7)3-5(8)10-2-6-3/h2,8H,1H3. The second kappa shape index (κ2) is 2.66. The average Bonchev–Trinajstić information content (AvgIpc) is 2.34. The minimum atomic E-state index is -0.612. The molecule has 0 aliphatic heterocycles. The molecule has 1 N–H and O–H groups in total. The minimum absolute atomic E-state index is 0.0208. The lowest BCUT2D eigenvalue weighted by atomic mass is 10.5. The Bertz CT molecular complexity index is 245. The van der Waals surface area contributed by atoms with E-state index in [4.69, 9.17) is 5.11 Å². The van der Waals surface area contributed by atoms with Crippen molar-refractivity contribution in [3.8, 4) is 5.06 Å². The van der Waals surface area contributed by atoms with Gasteiger partial charge in [0, 0.05) is 0 Å². The zero-order chi connectivity index (χ0) is 7.56. The van der Waals surface area contributed by atoms with E-state index in [0.717, 1.165) is 11.3 Å². The highest BCUT2D eigenvalue weighted by atomic mass is 32.1. The van der Waals surface area contributed by atoms with E-state index in [1.165, 1.54) is 12.6 Å². The molecular weight excluding hydrogens is 154 g/mol. The van der Waals surface area contributed by atoms with Gasteiger partial charge in [0.05, 0.1) is 12.6 Å². The molecule has 0 saturated heterocycles. The summed E-state index contributed by atoms with van der Waals surface area (Å²) in [5.41, 5.74) is 1.36. The first-order valence-electron chi connectivity index (χ1n) is 2.46. The number of carbonyl (C=O) groups excluding carboxylic acids is 1. The Labute approximate surface area is 61.1 Å². The Morgan fingerprint density at radius 1 is 1.90 bits per heavy atom. The molecule has 0 spiro atoms. The number of methoxy groups -OCH3 is 1. The van der Waals surface area contributed by atoms with Crippen molar-refractivity contribution in [2.24, 2.45) is 0 Å². The van der Waals surface area contributed by atoms with Crippen LogP contribution < -0.4 is 0 Å². The average molecular weight is 159 g/mol. The number of thiazole rings is 1. The van der Waals surface area contributed by atoms with Crippen LogP contribution in [-0.4, -0.2) is 23.2 Å². The topological polar surface area (TPSA) is 59.4 Å². The van der Waals surface area contributed by atoms with Gasteiger partial charge in [0.2, 0.25) is 10.8 Å². The van der Waals surface area contributed by atoms with Crippen molar-refractivity contribution in [2.45, 2.75) is 0 Å². The summed E-state index contributed by atoms with van der Waals surface area (Å²) in [5.74, 6) is -0.612. The second-order valence-electron chi connectivity index (χ2n) is 1.50. The van der Waals surface area contributed by atoms with Gasteiger partial charge in [0.1, 0.15) is 0 Å². The number of esters is 1. The van der Waals surface area contributed by atoms with Gasteiger partial charge in [-0.05, 0) is 0 Å². The first-order valence-corrected chi connectivity index (χ1v) is 3.34. The molecule has 0 bridgehead atoms. The molecule has 5 heteroatoms. The molecule has 0 aliphatic carbocycles. The summed E-state index contributed by atoms with van der Waals surface area (Å²) in [5, 5.41) is 8.80. The largest absolute Gasteiger partial charge is 0.498 e. The molecule has 1 heterocycles. The van der Waals surface area contributed by atoms with E-state index in [9.17, 15) is 4.79 Å². The van der Waals surface area contributed by atoms with Crippen LogP contribution in [0.5, 0.6) is 5.06 Å². The third-order valence-corrected chi connectivity index (χ3v) is 1.55. The van der Waals surface area contributed by atoms with Crippen LogP contribution in [-0.2, 0) is 4.74 Å². The molecule has 0 radical (unpaired) electrons. The van der Waals surface area contributed by atoms with E-state index < -0.39 is 5.97 Å². The van der Waals surface area contributed by atoms with Crippen molar-refractivity contribution >= 4 is 17.3 Å². The molecule has 0 unspecified atom stereocenters.